The Balaban J connectivity index is 1.97. The van der Waals surface area contributed by atoms with Gasteiger partial charge in [0.1, 0.15) is 17.1 Å². The second-order valence-electron chi connectivity index (χ2n) is 6.06. The second kappa shape index (κ2) is 7.52. The third-order valence-corrected chi connectivity index (χ3v) is 3.99. The van der Waals surface area contributed by atoms with Crippen molar-refractivity contribution in [3.05, 3.63) is 34.5 Å². The Labute approximate surface area is 146 Å². The number of nitrogens with one attached hydrogen (secondary N) is 1. The summed E-state index contributed by atoms with van der Waals surface area (Å²) in [6, 6.07) is 1.64. The number of hydrogen-bond acceptors (Lipinski definition) is 6. The van der Waals surface area contributed by atoms with Gasteiger partial charge in [-0.25, -0.2) is 4.79 Å². The van der Waals surface area contributed by atoms with Crippen molar-refractivity contribution < 1.29 is 18.7 Å². The SMILES string of the molecule is COC(=O)c1cc(CN(C)CC(=O)Nc2c(C)nn(C)c2C)oc1C. The van der Waals surface area contributed by atoms with E-state index in [0.29, 0.717) is 23.6 Å². The molecule has 0 aliphatic heterocycles. The molecule has 0 fully saturated rings. The fourth-order valence-corrected chi connectivity index (χ4v) is 2.63. The highest BCUT2D eigenvalue weighted by Crippen LogP contribution is 2.19. The van der Waals surface area contributed by atoms with Crippen LogP contribution in [-0.4, -0.2) is 47.3 Å². The molecule has 2 aromatic heterocycles. The fourth-order valence-electron chi connectivity index (χ4n) is 2.63. The molecule has 2 heterocycles. The number of rotatable bonds is 6. The summed E-state index contributed by atoms with van der Waals surface area (Å²) in [6.07, 6.45) is 0. The number of amides is 1. The number of carbonyl (C=O) groups is 2. The Hall–Kier alpha value is -2.61. The van der Waals surface area contributed by atoms with Gasteiger partial charge in [0.25, 0.3) is 0 Å². The zero-order valence-electron chi connectivity index (χ0n) is 15.5. The number of aryl methyl sites for hydroxylation is 3. The summed E-state index contributed by atoms with van der Waals surface area (Å²) < 4.78 is 12.0. The summed E-state index contributed by atoms with van der Waals surface area (Å²) in [7, 11) is 4.97. The zero-order valence-corrected chi connectivity index (χ0v) is 15.5. The van der Waals surface area contributed by atoms with Gasteiger partial charge in [-0.3, -0.25) is 14.4 Å². The van der Waals surface area contributed by atoms with Crippen LogP contribution >= 0.6 is 0 Å². The number of aromatic nitrogens is 2. The maximum atomic E-state index is 12.3. The van der Waals surface area contributed by atoms with E-state index in [0.717, 1.165) is 17.1 Å². The van der Waals surface area contributed by atoms with Crippen molar-refractivity contribution in [3.63, 3.8) is 0 Å². The van der Waals surface area contributed by atoms with Crippen molar-refractivity contribution >= 4 is 17.6 Å². The van der Waals surface area contributed by atoms with Crippen LogP contribution in [0.3, 0.4) is 0 Å². The van der Waals surface area contributed by atoms with Crippen LogP contribution < -0.4 is 5.32 Å². The van der Waals surface area contributed by atoms with Gasteiger partial charge in [-0.05, 0) is 33.9 Å². The number of esters is 1. The predicted octanol–water partition coefficient (Wildman–Crippen LogP) is 1.80. The highest BCUT2D eigenvalue weighted by Gasteiger charge is 2.18. The molecule has 0 saturated carbocycles. The molecule has 25 heavy (non-hydrogen) atoms. The molecule has 0 radical (unpaired) electrons. The first kappa shape index (κ1) is 18.7. The molecular weight excluding hydrogens is 324 g/mol. The van der Waals surface area contributed by atoms with E-state index in [-0.39, 0.29) is 12.5 Å². The van der Waals surface area contributed by atoms with E-state index in [1.165, 1.54) is 7.11 Å². The number of methoxy groups -OCH3 is 1. The quantitative estimate of drug-likeness (QED) is 0.801. The summed E-state index contributed by atoms with van der Waals surface area (Å²) in [6.45, 7) is 6.04. The fraction of sp³-hybridized carbons (Fsp3) is 0.471. The lowest BCUT2D eigenvalue weighted by atomic mass is 10.2. The number of nitrogens with zero attached hydrogens (tertiary/aromatic N) is 3. The number of furan rings is 1. The molecule has 0 atom stereocenters. The van der Waals surface area contributed by atoms with Gasteiger partial charge in [0.2, 0.25) is 5.91 Å². The molecule has 0 saturated heterocycles. The highest BCUT2D eigenvalue weighted by molar-refractivity contribution is 5.93. The van der Waals surface area contributed by atoms with E-state index >= 15 is 0 Å². The molecule has 1 N–H and O–H groups in total. The third-order valence-electron chi connectivity index (χ3n) is 3.99. The lowest BCUT2D eigenvalue weighted by Gasteiger charge is -2.15. The Bertz CT molecular complexity index is 791. The number of carbonyl (C=O) groups excluding carboxylic acids is 2. The molecule has 136 valence electrons. The largest absolute Gasteiger partial charge is 0.465 e. The molecule has 0 aliphatic carbocycles. The van der Waals surface area contributed by atoms with Crippen molar-refractivity contribution in [2.24, 2.45) is 7.05 Å². The van der Waals surface area contributed by atoms with Crippen molar-refractivity contribution in [2.45, 2.75) is 27.3 Å². The molecule has 0 unspecified atom stereocenters. The van der Waals surface area contributed by atoms with Crippen molar-refractivity contribution in [2.75, 3.05) is 26.0 Å². The second-order valence-corrected chi connectivity index (χ2v) is 6.06. The molecular formula is C17H24N4O4. The lowest BCUT2D eigenvalue weighted by Crippen LogP contribution is -2.30. The van der Waals surface area contributed by atoms with Gasteiger partial charge in [0.15, 0.2) is 0 Å². The number of hydrogen-bond donors (Lipinski definition) is 1. The van der Waals surface area contributed by atoms with Gasteiger partial charge in [-0.1, -0.05) is 0 Å². The molecule has 0 spiro atoms. The van der Waals surface area contributed by atoms with Gasteiger partial charge in [-0.2, -0.15) is 5.10 Å². The number of likely N-dealkylation sites (N-methyl/N-ethyl adjacent to an activating group) is 1. The molecule has 2 aromatic rings. The van der Waals surface area contributed by atoms with Crippen LogP contribution in [0.4, 0.5) is 5.69 Å². The minimum atomic E-state index is -0.435. The molecule has 8 nitrogen and oxygen atoms in total. The average Bonchev–Trinajstić information content (AvgIpc) is 3.00. The van der Waals surface area contributed by atoms with E-state index < -0.39 is 5.97 Å². The molecule has 8 heteroatoms. The lowest BCUT2D eigenvalue weighted by molar-refractivity contribution is -0.117. The normalized spacial score (nSPS) is 11.0. The van der Waals surface area contributed by atoms with Crippen LogP contribution in [0.2, 0.25) is 0 Å². The van der Waals surface area contributed by atoms with Crippen molar-refractivity contribution in [3.8, 4) is 0 Å². The molecule has 1 amide bonds. The minimum absolute atomic E-state index is 0.141. The van der Waals surface area contributed by atoms with E-state index in [9.17, 15) is 9.59 Å². The number of ether oxygens (including phenoxy) is 1. The van der Waals surface area contributed by atoms with E-state index in [1.807, 2.05) is 20.9 Å². The van der Waals surface area contributed by atoms with Crippen LogP contribution in [0.15, 0.2) is 10.5 Å². The van der Waals surface area contributed by atoms with Gasteiger partial charge in [-0.15, -0.1) is 0 Å². The van der Waals surface area contributed by atoms with Crippen LogP contribution in [0.1, 0.15) is 33.3 Å². The monoisotopic (exact) mass is 348 g/mol. The minimum Gasteiger partial charge on any atom is -0.465 e. The van der Waals surface area contributed by atoms with Gasteiger partial charge >= 0.3 is 5.97 Å². The van der Waals surface area contributed by atoms with E-state index in [1.54, 1.807) is 29.6 Å². The van der Waals surface area contributed by atoms with Gasteiger partial charge in [0.05, 0.1) is 37.3 Å². The van der Waals surface area contributed by atoms with Crippen LogP contribution in [0.25, 0.3) is 0 Å². The van der Waals surface area contributed by atoms with Crippen LogP contribution in [0, 0.1) is 20.8 Å². The first-order valence-electron chi connectivity index (χ1n) is 7.89. The average molecular weight is 348 g/mol. The Morgan fingerprint density at radius 3 is 2.60 bits per heavy atom. The van der Waals surface area contributed by atoms with E-state index in [4.69, 9.17) is 9.15 Å². The zero-order chi connectivity index (χ0) is 18.7. The molecule has 2 rings (SSSR count). The topological polar surface area (TPSA) is 89.6 Å². The number of anilines is 1. The first-order chi connectivity index (χ1) is 11.7. The van der Waals surface area contributed by atoms with E-state index in [2.05, 4.69) is 10.4 Å². The predicted molar refractivity (Wildman–Crippen MR) is 92.4 cm³/mol. The maximum Gasteiger partial charge on any atom is 0.341 e. The third kappa shape index (κ3) is 4.27. The van der Waals surface area contributed by atoms with Crippen molar-refractivity contribution in [1.29, 1.82) is 0 Å². The smallest absolute Gasteiger partial charge is 0.341 e. The first-order valence-corrected chi connectivity index (χ1v) is 7.89. The van der Waals surface area contributed by atoms with Crippen LogP contribution in [0.5, 0.6) is 0 Å². The molecule has 0 aromatic carbocycles. The van der Waals surface area contributed by atoms with Crippen molar-refractivity contribution in [1.82, 2.24) is 14.7 Å². The summed E-state index contributed by atoms with van der Waals surface area (Å²) in [5.41, 5.74) is 2.82. The Morgan fingerprint density at radius 1 is 1.36 bits per heavy atom. The molecule has 0 bridgehead atoms. The maximum absolute atomic E-state index is 12.3. The summed E-state index contributed by atoms with van der Waals surface area (Å²) in [5, 5.41) is 7.17. The summed E-state index contributed by atoms with van der Waals surface area (Å²) >= 11 is 0. The highest BCUT2D eigenvalue weighted by atomic mass is 16.5. The molecule has 0 aliphatic rings. The summed E-state index contributed by atoms with van der Waals surface area (Å²) in [4.78, 5) is 25.7. The summed E-state index contributed by atoms with van der Waals surface area (Å²) in [5.74, 6) is 0.525. The van der Waals surface area contributed by atoms with Gasteiger partial charge < -0.3 is 14.5 Å². The Kier molecular flexibility index (Phi) is 5.63. The Morgan fingerprint density at radius 2 is 2.04 bits per heavy atom. The van der Waals surface area contributed by atoms with Gasteiger partial charge in [0, 0.05) is 7.05 Å². The van der Waals surface area contributed by atoms with Crippen LogP contribution in [-0.2, 0) is 23.1 Å². The standard InChI is InChI=1S/C17H24N4O4/c1-10-16(11(2)21(5)19-10)18-15(22)9-20(4)8-13-7-14(12(3)25-13)17(23)24-6/h7H,8-9H2,1-6H3,(H,18,22).